The predicted octanol–water partition coefficient (Wildman–Crippen LogP) is 5.92. The number of halogens is 2. The number of hydrogen-bond donors (Lipinski definition) is 0. The normalized spacial score (nSPS) is 22.7. The average Bonchev–Trinajstić information content (AvgIpc) is 2.60. The summed E-state index contributed by atoms with van der Waals surface area (Å²) in [5.41, 5.74) is 6.76. The number of fused-ring (bicyclic) bond motifs is 3. The minimum atomic E-state index is -0.471. The lowest BCUT2D eigenvalue weighted by atomic mass is 9.74. The first-order valence-corrected chi connectivity index (χ1v) is 9.35. The van der Waals surface area contributed by atoms with E-state index in [2.05, 4.69) is 31.2 Å². The van der Waals surface area contributed by atoms with Crippen LogP contribution < -0.4 is 0 Å². The van der Waals surface area contributed by atoms with Crippen LogP contribution in [0.1, 0.15) is 53.5 Å². The summed E-state index contributed by atoms with van der Waals surface area (Å²) in [4.78, 5) is 0. The molecular formula is C23H24F2. The van der Waals surface area contributed by atoms with Crippen molar-refractivity contribution in [1.29, 1.82) is 0 Å². The Morgan fingerprint density at radius 1 is 0.880 bits per heavy atom. The van der Waals surface area contributed by atoms with Crippen LogP contribution in [0.3, 0.4) is 0 Å². The van der Waals surface area contributed by atoms with Crippen molar-refractivity contribution in [1.82, 2.24) is 0 Å². The third kappa shape index (κ3) is 3.27. The number of rotatable bonds is 2. The van der Waals surface area contributed by atoms with Crippen LogP contribution in [-0.4, -0.2) is 0 Å². The van der Waals surface area contributed by atoms with Gasteiger partial charge in [0.15, 0.2) is 0 Å². The third-order valence-electron chi connectivity index (χ3n) is 5.90. The molecular weight excluding hydrogens is 314 g/mol. The highest BCUT2D eigenvalue weighted by molar-refractivity contribution is 5.45. The third-order valence-corrected chi connectivity index (χ3v) is 5.90. The second kappa shape index (κ2) is 6.74. The molecule has 0 aliphatic heterocycles. The number of benzene rings is 2. The summed E-state index contributed by atoms with van der Waals surface area (Å²) in [6.07, 6.45) is 10.9. The van der Waals surface area contributed by atoms with Crippen molar-refractivity contribution in [3.63, 3.8) is 0 Å². The summed E-state index contributed by atoms with van der Waals surface area (Å²) in [5.74, 6) is -0.0558. The minimum absolute atomic E-state index is 0.218. The topological polar surface area (TPSA) is 0 Å². The van der Waals surface area contributed by atoms with Gasteiger partial charge in [0, 0.05) is 6.07 Å². The molecule has 2 aromatic carbocycles. The molecule has 2 aliphatic rings. The Labute approximate surface area is 148 Å². The van der Waals surface area contributed by atoms with Crippen molar-refractivity contribution in [3.05, 3.63) is 81.9 Å². The van der Waals surface area contributed by atoms with E-state index in [0.29, 0.717) is 5.92 Å². The first-order valence-electron chi connectivity index (χ1n) is 9.35. The van der Waals surface area contributed by atoms with Gasteiger partial charge in [-0.2, -0.15) is 0 Å². The summed E-state index contributed by atoms with van der Waals surface area (Å²) >= 11 is 0. The van der Waals surface area contributed by atoms with Crippen molar-refractivity contribution in [3.8, 4) is 0 Å². The standard InChI is InChI=1S/C23H24F2/c1-2-3-15-4-8-22-17(10-15)5-6-18-11-16(7-9-23(18)22)19-12-20(24)14-21(25)13-19/h2-3,5-6,12-16H,4,7-11H2,1H3/b3-2+. The molecule has 0 radical (unpaired) electrons. The van der Waals surface area contributed by atoms with Gasteiger partial charge in [-0.25, -0.2) is 8.78 Å². The summed E-state index contributed by atoms with van der Waals surface area (Å²) in [7, 11) is 0. The SMILES string of the molecule is C/C=C/C1CCc2c(ccc3c2CCC(c2cc(F)cc(F)c2)C3)C1. The van der Waals surface area contributed by atoms with Crippen LogP contribution in [0, 0.1) is 17.6 Å². The zero-order chi connectivity index (χ0) is 17.4. The molecule has 25 heavy (non-hydrogen) atoms. The Bertz CT molecular complexity index is 799. The fourth-order valence-corrected chi connectivity index (χ4v) is 4.73. The highest BCUT2D eigenvalue weighted by Crippen LogP contribution is 2.38. The molecule has 0 aromatic heterocycles. The Morgan fingerprint density at radius 2 is 1.52 bits per heavy atom. The molecule has 2 unspecified atom stereocenters. The molecule has 2 aromatic rings. The molecule has 0 fully saturated rings. The van der Waals surface area contributed by atoms with Crippen molar-refractivity contribution in [2.24, 2.45) is 5.92 Å². The smallest absolute Gasteiger partial charge is 0.126 e. The Morgan fingerprint density at radius 3 is 2.20 bits per heavy atom. The molecule has 0 nitrogen and oxygen atoms in total. The van der Waals surface area contributed by atoms with Crippen molar-refractivity contribution in [2.75, 3.05) is 0 Å². The highest BCUT2D eigenvalue weighted by Gasteiger charge is 2.26. The van der Waals surface area contributed by atoms with E-state index >= 15 is 0 Å². The maximum Gasteiger partial charge on any atom is 0.126 e. The van der Waals surface area contributed by atoms with E-state index in [1.54, 1.807) is 5.56 Å². The van der Waals surface area contributed by atoms with Gasteiger partial charge in [0.1, 0.15) is 11.6 Å². The van der Waals surface area contributed by atoms with Gasteiger partial charge in [-0.1, -0.05) is 24.3 Å². The zero-order valence-electron chi connectivity index (χ0n) is 14.7. The molecule has 0 amide bonds. The predicted molar refractivity (Wildman–Crippen MR) is 97.9 cm³/mol. The monoisotopic (exact) mass is 338 g/mol. The summed E-state index contributed by atoms with van der Waals surface area (Å²) in [5, 5.41) is 0. The fraction of sp³-hybridized carbons (Fsp3) is 0.391. The van der Waals surface area contributed by atoms with Gasteiger partial charge in [0.2, 0.25) is 0 Å². The molecule has 0 saturated heterocycles. The van der Waals surface area contributed by atoms with Gasteiger partial charge in [0.05, 0.1) is 0 Å². The summed E-state index contributed by atoms with van der Waals surface area (Å²) in [6.45, 7) is 2.10. The van der Waals surface area contributed by atoms with Crippen LogP contribution in [-0.2, 0) is 25.7 Å². The molecule has 0 saturated carbocycles. The highest BCUT2D eigenvalue weighted by atomic mass is 19.1. The molecule has 0 heterocycles. The number of hydrogen-bond acceptors (Lipinski definition) is 0. The van der Waals surface area contributed by atoms with Crippen LogP contribution >= 0.6 is 0 Å². The van der Waals surface area contributed by atoms with E-state index in [1.165, 1.54) is 35.2 Å². The lowest BCUT2D eigenvalue weighted by Gasteiger charge is -2.31. The Kier molecular flexibility index (Phi) is 4.45. The van der Waals surface area contributed by atoms with Crippen LogP contribution in [0.25, 0.3) is 0 Å². The van der Waals surface area contributed by atoms with E-state index in [-0.39, 0.29) is 5.92 Å². The maximum absolute atomic E-state index is 13.6. The first kappa shape index (κ1) is 16.5. The fourth-order valence-electron chi connectivity index (χ4n) is 4.73. The van der Waals surface area contributed by atoms with E-state index < -0.39 is 11.6 Å². The molecule has 130 valence electrons. The van der Waals surface area contributed by atoms with Gasteiger partial charge >= 0.3 is 0 Å². The van der Waals surface area contributed by atoms with Crippen LogP contribution in [0.4, 0.5) is 8.78 Å². The largest absolute Gasteiger partial charge is 0.207 e. The molecule has 2 aliphatic carbocycles. The zero-order valence-corrected chi connectivity index (χ0v) is 14.7. The Hall–Kier alpha value is -1.96. The second-order valence-corrected chi connectivity index (χ2v) is 7.51. The van der Waals surface area contributed by atoms with Gasteiger partial charge in [-0.15, -0.1) is 0 Å². The molecule has 0 bridgehead atoms. The summed E-state index contributed by atoms with van der Waals surface area (Å²) in [6, 6.07) is 8.50. The van der Waals surface area contributed by atoms with Gasteiger partial charge in [-0.3, -0.25) is 0 Å². The van der Waals surface area contributed by atoms with E-state index in [1.807, 2.05) is 0 Å². The first-order chi connectivity index (χ1) is 12.1. The van der Waals surface area contributed by atoms with Crippen molar-refractivity contribution < 1.29 is 8.78 Å². The van der Waals surface area contributed by atoms with Gasteiger partial charge in [0.25, 0.3) is 0 Å². The second-order valence-electron chi connectivity index (χ2n) is 7.51. The van der Waals surface area contributed by atoms with Crippen LogP contribution in [0.2, 0.25) is 0 Å². The lowest BCUT2D eigenvalue weighted by molar-refractivity contribution is 0.528. The van der Waals surface area contributed by atoms with Crippen molar-refractivity contribution in [2.45, 2.75) is 51.4 Å². The lowest BCUT2D eigenvalue weighted by Crippen LogP contribution is -2.20. The van der Waals surface area contributed by atoms with Crippen LogP contribution in [0.5, 0.6) is 0 Å². The minimum Gasteiger partial charge on any atom is -0.207 e. The Balaban J connectivity index is 1.61. The van der Waals surface area contributed by atoms with Gasteiger partial charge in [-0.05, 0) is 97.2 Å². The molecule has 4 rings (SSSR count). The molecule has 0 N–H and O–H groups in total. The molecule has 2 atom stereocenters. The summed E-state index contributed by atoms with van der Waals surface area (Å²) < 4.78 is 27.1. The average molecular weight is 338 g/mol. The molecule has 2 heteroatoms. The maximum atomic E-state index is 13.6. The van der Waals surface area contributed by atoms with E-state index in [4.69, 9.17) is 0 Å². The van der Waals surface area contributed by atoms with Crippen molar-refractivity contribution >= 4 is 0 Å². The quantitative estimate of drug-likeness (QED) is 0.596. The van der Waals surface area contributed by atoms with Gasteiger partial charge < -0.3 is 0 Å². The van der Waals surface area contributed by atoms with E-state index in [0.717, 1.165) is 43.7 Å². The van der Waals surface area contributed by atoms with Crippen LogP contribution in [0.15, 0.2) is 42.5 Å². The molecule has 0 spiro atoms. The number of allylic oxidation sites excluding steroid dienone is 2. The van der Waals surface area contributed by atoms with E-state index in [9.17, 15) is 8.78 Å².